The molecule has 164 valence electrons. The fourth-order valence-electron chi connectivity index (χ4n) is 3.16. The van der Waals surface area contributed by atoms with Crippen LogP contribution in [0, 0.1) is 0 Å². The molecule has 3 aromatic carbocycles. The fraction of sp³-hybridized carbons (Fsp3) is 0.0400. The molecule has 0 aliphatic rings. The molecule has 0 saturated carbocycles. The molecule has 0 spiro atoms. The molecule has 0 aliphatic heterocycles. The number of hydrogen-bond donors (Lipinski definition) is 3. The largest absolute Gasteiger partial charge is 0.497 e. The number of fused-ring (bicyclic) bond motifs is 1. The summed E-state index contributed by atoms with van der Waals surface area (Å²) >= 11 is 0. The Morgan fingerprint density at radius 2 is 1.42 bits per heavy atom. The van der Waals surface area contributed by atoms with Gasteiger partial charge < -0.3 is 10.1 Å². The van der Waals surface area contributed by atoms with Crippen LogP contribution in [0.5, 0.6) is 5.75 Å². The summed E-state index contributed by atoms with van der Waals surface area (Å²) in [5.74, 6) is -0.908. The zero-order chi connectivity index (χ0) is 23.2. The van der Waals surface area contributed by atoms with Gasteiger partial charge in [-0.05, 0) is 48.5 Å². The highest BCUT2D eigenvalue weighted by molar-refractivity contribution is 6.09. The highest BCUT2D eigenvalue weighted by atomic mass is 16.5. The summed E-state index contributed by atoms with van der Waals surface area (Å²) in [7, 11) is 1.54. The minimum Gasteiger partial charge on any atom is -0.497 e. The highest BCUT2D eigenvalue weighted by Gasteiger charge is 2.16. The third-order valence-corrected chi connectivity index (χ3v) is 4.89. The number of carbonyl (C=O) groups excluding carboxylic acids is 3. The Balaban J connectivity index is 1.43. The smallest absolute Gasteiger partial charge is 0.288 e. The molecular weight excluding hydrogens is 420 g/mol. The third kappa shape index (κ3) is 4.96. The molecule has 4 rings (SSSR count). The number of para-hydroxylation sites is 2. The van der Waals surface area contributed by atoms with Crippen LogP contribution in [-0.2, 0) is 0 Å². The summed E-state index contributed by atoms with van der Waals surface area (Å²) in [4.78, 5) is 42.0. The van der Waals surface area contributed by atoms with Crippen molar-refractivity contribution in [1.82, 2.24) is 15.8 Å². The molecular formula is C25H20N4O4. The van der Waals surface area contributed by atoms with Crippen LogP contribution >= 0.6 is 0 Å². The number of nitrogens with zero attached hydrogens (tertiary/aromatic N) is 1. The Labute approximate surface area is 189 Å². The lowest BCUT2D eigenvalue weighted by atomic mass is 10.1. The van der Waals surface area contributed by atoms with E-state index in [0.29, 0.717) is 22.5 Å². The number of rotatable bonds is 5. The number of hydrazine groups is 1. The summed E-state index contributed by atoms with van der Waals surface area (Å²) in [6.45, 7) is 0. The number of carbonyl (C=O) groups is 3. The van der Waals surface area contributed by atoms with Gasteiger partial charge in [0.05, 0.1) is 23.9 Å². The molecule has 4 aromatic rings. The first-order chi connectivity index (χ1) is 16.0. The van der Waals surface area contributed by atoms with Gasteiger partial charge in [-0.3, -0.25) is 25.2 Å². The normalized spacial score (nSPS) is 10.3. The zero-order valence-electron chi connectivity index (χ0n) is 17.7. The number of pyridine rings is 1. The minimum atomic E-state index is -0.588. The van der Waals surface area contributed by atoms with E-state index in [1.807, 2.05) is 18.2 Å². The lowest BCUT2D eigenvalue weighted by molar-refractivity contribution is 0.0844. The molecule has 8 nitrogen and oxygen atoms in total. The first-order valence-corrected chi connectivity index (χ1v) is 10.1. The molecule has 33 heavy (non-hydrogen) atoms. The maximum Gasteiger partial charge on any atom is 0.288 e. The van der Waals surface area contributed by atoms with Crippen molar-refractivity contribution in [2.24, 2.45) is 0 Å². The molecule has 1 heterocycles. The molecule has 0 fully saturated rings. The van der Waals surface area contributed by atoms with E-state index in [9.17, 15) is 14.4 Å². The number of ether oxygens (including phenoxy) is 1. The van der Waals surface area contributed by atoms with Gasteiger partial charge in [-0.2, -0.15) is 0 Å². The van der Waals surface area contributed by atoms with Crippen LogP contribution in [0.15, 0.2) is 84.9 Å². The van der Waals surface area contributed by atoms with E-state index in [0.717, 1.165) is 5.39 Å². The first-order valence-electron chi connectivity index (χ1n) is 10.1. The quantitative estimate of drug-likeness (QED) is 0.411. The summed E-state index contributed by atoms with van der Waals surface area (Å²) in [6, 6.07) is 23.8. The van der Waals surface area contributed by atoms with E-state index in [2.05, 4.69) is 21.2 Å². The zero-order valence-corrected chi connectivity index (χ0v) is 17.7. The average molecular weight is 440 g/mol. The number of benzene rings is 3. The van der Waals surface area contributed by atoms with Crippen LogP contribution in [0.1, 0.15) is 31.2 Å². The van der Waals surface area contributed by atoms with Crippen LogP contribution < -0.4 is 20.9 Å². The van der Waals surface area contributed by atoms with E-state index in [-0.39, 0.29) is 17.2 Å². The van der Waals surface area contributed by atoms with Gasteiger partial charge in [-0.25, -0.2) is 4.98 Å². The average Bonchev–Trinajstić information content (AvgIpc) is 2.87. The predicted molar refractivity (Wildman–Crippen MR) is 124 cm³/mol. The third-order valence-electron chi connectivity index (χ3n) is 4.89. The van der Waals surface area contributed by atoms with E-state index in [1.165, 1.54) is 0 Å². The van der Waals surface area contributed by atoms with Crippen molar-refractivity contribution in [3.8, 4) is 5.75 Å². The van der Waals surface area contributed by atoms with Gasteiger partial charge in [0, 0.05) is 10.9 Å². The first kappa shape index (κ1) is 21.5. The van der Waals surface area contributed by atoms with Gasteiger partial charge in [0.1, 0.15) is 11.4 Å². The van der Waals surface area contributed by atoms with Crippen molar-refractivity contribution in [3.05, 3.63) is 102 Å². The van der Waals surface area contributed by atoms with E-state index >= 15 is 0 Å². The van der Waals surface area contributed by atoms with Crippen molar-refractivity contribution in [2.75, 3.05) is 12.4 Å². The highest BCUT2D eigenvalue weighted by Crippen LogP contribution is 2.18. The molecule has 1 aromatic heterocycles. The molecule has 0 radical (unpaired) electrons. The minimum absolute atomic E-state index is 0.162. The summed E-state index contributed by atoms with van der Waals surface area (Å²) in [6.07, 6.45) is 0. The molecule has 0 bridgehead atoms. The van der Waals surface area contributed by atoms with Crippen molar-refractivity contribution in [1.29, 1.82) is 0 Å². The van der Waals surface area contributed by atoms with Crippen molar-refractivity contribution >= 4 is 34.3 Å². The Kier molecular flexibility index (Phi) is 6.26. The van der Waals surface area contributed by atoms with Crippen LogP contribution in [0.4, 0.5) is 5.69 Å². The van der Waals surface area contributed by atoms with Crippen molar-refractivity contribution in [2.45, 2.75) is 0 Å². The molecule has 3 N–H and O–H groups in total. The number of methoxy groups -OCH3 is 1. The van der Waals surface area contributed by atoms with Gasteiger partial charge in [-0.15, -0.1) is 0 Å². The fourth-order valence-corrected chi connectivity index (χ4v) is 3.16. The predicted octanol–water partition coefficient (Wildman–Crippen LogP) is 3.57. The Morgan fingerprint density at radius 3 is 2.21 bits per heavy atom. The molecule has 8 heteroatoms. The van der Waals surface area contributed by atoms with Gasteiger partial charge in [0.15, 0.2) is 0 Å². The SMILES string of the molecule is COc1ccc(C(=O)Nc2ccccc2C(=O)NNC(=O)c2ccc3ccccc3n2)cc1. The summed E-state index contributed by atoms with van der Waals surface area (Å²) in [5, 5.41) is 3.62. The van der Waals surface area contributed by atoms with Crippen LogP contribution in [0.3, 0.4) is 0 Å². The molecule has 0 saturated heterocycles. The van der Waals surface area contributed by atoms with Crippen LogP contribution in [0.25, 0.3) is 10.9 Å². The second-order valence-electron chi connectivity index (χ2n) is 7.03. The van der Waals surface area contributed by atoms with Crippen LogP contribution in [-0.4, -0.2) is 29.8 Å². The number of aromatic nitrogens is 1. The van der Waals surface area contributed by atoms with E-state index in [1.54, 1.807) is 73.8 Å². The topological polar surface area (TPSA) is 109 Å². The van der Waals surface area contributed by atoms with Gasteiger partial charge in [0.25, 0.3) is 17.7 Å². The monoisotopic (exact) mass is 440 g/mol. The summed E-state index contributed by atoms with van der Waals surface area (Å²) < 4.78 is 5.09. The molecule has 0 atom stereocenters. The molecule has 3 amide bonds. The van der Waals surface area contributed by atoms with Crippen molar-refractivity contribution < 1.29 is 19.1 Å². The number of amides is 3. The van der Waals surface area contributed by atoms with Gasteiger partial charge in [0.2, 0.25) is 0 Å². The summed E-state index contributed by atoms with van der Waals surface area (Å²) in [5.41, 5.74) is 6.45. The lowest BCUT2D eigenvalue weighted by Crippen LogP contribution is -2.42. The molecule has 0 aliphatic carbocycles. The molecule has 0 unspecified atom stereocenters. The van der Waals surface area contributed by atoms with E-state index < -0.39 is 11.8 Å². The standard InChI is InChI=1S/C25H20N4O4/c1-33-18-13-10-17(11-14-18)23(30)27-21-9-5-3-7-19(21)24(31)28-29-25(32)22-15-12-16-6-2-4-8-20(16)26-22/h2-15H,1H3,(H,27,30)(H,28,31)(H,29,32). The maximum absolute atomic E-state index is 12.7. The second-order valence-corrected chi connectivity index (χ2v) is 7.03. The van der Waals surface area contributed by atoms with Gasteiger partial charge in [-0.1, -0.05) is 36.4 Å². The maximum atomic E-state index is 12.7. The van der Waals surface area contributed by atoms with E-state index in [4.69, 9.17) is 4.74 Å². The Morgan fingerprint density at radius 1 is 0.727 bits per heavy atom. The van der Waals surface area contributed by atoms with Crippen molar-refractivity contribution in [3.63, 3.8) is 0 Å². The van der Waals surface area contributed by atoms with Crippen LogP contribution in [0.2, 0.25) is 0 Å². The number of hydrogen-bond acceptors (Lipinski definition) is 5. The van der Waals surface area contributed by atoms with Gasteiger partial charge >= 0.3 is 0 Å². The Hall–Kier alpha value is -4.72. The second kappa shape index (κ2) is 9.61. The number of nitrogens with one attached hydrogen (secondary N) is 3. The lowest BCUT2D eigenvalue weighted by Gasteiger charge is -2.12. The number of anilines is 1. The Bertz CT molecular complexity index is 1340.